The second-order valence-electron chi connectivity index (χ2n) is 8.04. The molecule has 0 amide bonds. The first-order valence-corrected chi connectivity index (χ1v) is 12.0. The Morgan fingerprint density at radius 2 is 1.76 bits per heavy atom. The molecule has 2 saturated heterocycles. The fourth-order valence-corrected chi connectivity index (χ4v) is 5.95. The molecule has 0 bridgehead atoms. The molecule has 0 spiro atoms. The second kappa shape index (κ2) is 7.96. The lowest BCUT2D eigenvalue weighted by molar-refractivity contribution is 0.0626. The van der Waals surface area contributed by atoms with E-state index in [2.05, 4.69) is 25.2 Å². The minimum absolute atomic E-state index is 0.130. The first-order valence-electron chi connectivity index (χ1n) is 10.5. The quantitative estimate of drug-likeness (QED) is 0.473. The highest BCUT2D eigenvalue weighted by atomic mass is 32.2. The van der Waals surface area contributed by atoms with Crippen LogP contribution in [0.25, 0.3) is 22.3 Å². The molecule has 0 radical (unpaired) electrons. The van der Waals surface area contributed by atoms with Gasteiger partial charge >= 0.3 is 0 Å². The van der Waals surface area contributed by atoms with Gasteiger partial charge in [0.05, 0.1) is 24.8 Å². The highest BCUT2D eigenvalue weighted by molar-refractivity contribution is 7.89. The Morgan fingerprint density at radius 3 is 2.64 bits per heavy atom. The van der Waals surface area contributed by atoms with Gasteiger partial charge in [0.25, 0.3) is 0 Å². The molecule has 2 aromatic heterocycles. The van der Waals surface area contributed by atoms with Crippen LogP contribution < -0.4 is 4.72 Å². The van der Waals surface area contributed by atoms with E-state index in [0.29, 0.717) is 17.9 Å². The van der Waals surface area contributed by atoms with Crippen LogP contribution in [-0.2, 0) is 19.5 Å². The minimum atomic E-state index is -3.85. The summed E-state index contributed by atoms with van der Waals surface area (Å²) >= 11 is 0. The van der Waals surface area contributed by atoms with Crippen molar-refractivity contribution in [2.24, 2.45) is 0 Å². The number of pyridine rings is 1. The molecule has 11 heteroatoms. The van der Waals surface area contributed by atoms with Crippen LogP contribution in [0.3, 0.4) is 0 Å². The van der Waals surface area contributed by atoms with Crippen LogP contribution in [0.4, 0.5) is 0 Å². The van der Waals surface area contributed by atoms with E-state index < -0.39 is 22.2 Å². The van der Waals surface area contributed by atoms with E-state index in [0.717, 1.165) is 10.9 Å². The topological polar surface area (TPSA) is 121 Å². The summed E-state index contributed by atoms with van der Waals surface area (Å²) in [6.45, 7) is 0.500. The maximum absolute atomic E-state index is 13.2. The zero-order chi connectivity index (χ0) is 22.4. The van der Waals surface area contributed by atoms with Crippen LogP contribution in [0.15, 0.2) is 71.8 Å². The lowest BCUT2D eigenvalue weighted by Crippen LogP contribution is -2.44. The van der Waals surface area contributed by atoms with Gasteiger partial charge in [0.15, 0.2) is 5.82 Å². The fourth-order valence-electron chi connectivity index (χ4n) is 4.54. The number of nitrogens with one attached hydrogen (secondary N) is 1. The van der Waals surface area contributed by atoms with Crippen molar-refractivity contribution in [2.75, 3.05) is 13.2 Å². The van der Waals surface area contributed by atoms with Gasteiger partial charge < -0.3 is 9.47 Å². The average Bonchev–Trinajstić information content (AvgIpc) is 3.57. The van der Waals surface area contributed by atoms with E-state index in [-0.39, 0.29) is 23.6 Å². The normalized spacial score (nSPS) is 24.8. The van der Waals surface area contributed by atoms with Crippen molar-refractivity contribution in [3.05, 3.63) is 66.9 Å². The molecule has 0 aliphatic carbocycles. The van der Waals surface area contributed by atoms with Crippen molar-refractivity contribution in [2.45, 2.75) is 29.2 Å². The number of tetrazole rings is 1. The molecule has 4 aromatic rings. The molecular weight excluding hydrogens is 444 g/mol. The van der Waals surface area contributed by atoms with Crippen molar-refractivity contribution in [3.8, 4) is 11.4 Å². The Labute approximate surface area is 189 Å². The van der Waals surface area contributed by atoms with Crippen molar-refractivity contribution < 1.29 is 17.9 Å². The molecule has 2 aromatic carbocycles. The average molecular weight is 465 g/mol. The predicted octanol–water partition coefficient (Wildman–Crippen LogP) is 1.57. The summed E-state index contributed by atoms with van der Waals surface area (Å²) in [5.74, 6) is 0.610. The highest BCUT2D eigenvalue weighted by Crippen LogP contribution is 2.36. The van der Waals surface area contributed by atoms with Crippen molar-refractivity contribution >= 4 is 20.9 Å². The van der Waals surface area contributed by atoms with Crippen molar-refractivity contribution in [3.63, 3.8) is 0 Å². The molecule has 1 N–H and O–H groups in total. The van der Waals surface area contributed by atoms with Gasteiger partial charge in [-0.25, -0.2) is 17.8 Å². The Morgan fingerprint density at radius 1 is 0.939 bits per heavy atom. The Balaban J connectivity index is 1.25. The number of sulfonamides is 1. The number of benzene rings is 2. The van der Waals surface area contributed by atoms with Crippen LogP contribution >= 0.6 is 0 Å². The predicted molar refractivity (Wildman–Crippen MR) is 118 cm³/mol. The smallest absolute Gasteiger partial charge is 0.243 e. The van der Waals surface area contributed by atoms with Crippen LogP contribution in [0.1, 0.15) is 6.04 Å². The van der Waals surface area contributed by atoms with Gasteiger partial charge in [0, 0.05) is 17.1 Å². The van der Waals surface area contributed by atoms with E-state index in [1.165, 1.54) is 0 Å². The van der Waals surface area contributed by atoms with Gasteiger partial charge in [-0.1, -0.05) is 48.5 Å². The third-order valence-corrected chi connectivity index (χ3v) is 7.58. The molecular formula is C22H20N6O4S. The fraction of sp³-hybridized carbons (Fsp3) is 0.273. The first kappa shape index (κ1) is 20.4. The summed E-state index contributed by atoms with van der Waals surface area (Å²) in [6, 6.07) is 17.5. The zero-order valence-corrected chi connectivity index (χ0v) is 18.2. The molecule has 2 aliphatic heterocycles. The van der Waals surface area contributed by atoms with E-state index >= 15 is 0 Å². The zero-order valence-electron chi connectivity index (χ0n) is 17.4. The Hall–Kier alpha value is -3.25. The van der Waals surface area contributed by atoms with Crippen LogP contribution in [0.2, 0.25) is 0 Å². The van der Waals surface area contributed by atoms with E-state index in [1.807, 2.05) is 42.5 Å². The summed E-state index contributed by atoms with van der Waals surface area (Å²) in [5, 5.41) is 12.9. The summed E-state index contributed by atoms with van der Waals surface area (Å²) in [7, 11) is -3.85. The van der Waals surface area contributed by atoms with Crippen molar-refractivity contribution in [1.82, 2.24) is 29.9 Å². The maximum Gasteiger partial charge on any atom is 0.243 e. The van der Waals surface area contributed by atoms with Crippen molar-refractivity contribution in [1.29, 1.82) is 0 Å². The van der Waals surface area contributed by atoms with E-state index in [1.54, 1.807) is 29.1 Å². The highest BCUT2D eigenvalue weighted by Gasteiger charge is 2.50. The van der Waals surface area contributed by atoms with Gasteiger partial charge in [-0.05, 0) is 22.6 Å². The lowest BCUT2D eigenvalue weighted by Gasteiger charge is -2.18. The molecule has 4 heterocycles. The summed E-state index contributed by atoms with van der Waals surface area (Å²) in [5.41, 5.74) is 1.30. The van der Waals surface area contributed by atoms with Gasteiger partial charge in [-0.3, -0.25) is 4.98 Å². The standard InChI is InChI=1S/C22H20N6O4S/c29-33(30,18-10-4-8-14-9-5-11-23-19(14)18)25-16-12-31-21-17(13-32-20(16)21)28-22(24-26-27-28)15-6-2-1-3-7-15/h1-11,16-17,20-21,25H,12-13H2/t16-,17+,20-,21+/m0/s1. The molecule has 2 fully saturated rings. The molecule has 4 atom stereocenters. The number of ether oxygens (including phenoxy) is 2. The van der Waals surface area contributed by atoms with E-state index in [9.17, 15) is 8.42 Å². The number of para-hydroxylation sites is 1. The molecule has 168 valence electrons. The number of hydrogen-bond acceptors (Lipinski definition) is 8. The molecule has 2 aliphatic rings. The molecule has 0 unspecified atom stereocenters. The Bertz CT molecular complexity index is 1410. The van der Waals surface area contributed by atoms with Crippen LogP contribution in [-0.4, -0.2) is 65.1 Å². The summed E-state index contributed by atoms with van der Waals surface area (Å²) in [6.07, 6.45) is 0.742. The molecule has 0 saturated carbocycles. The SMILES string of the molecule is O=S(=O)(N[C@H]1CO[C@H]2[C@H]1OC[C@H]2n1nnnc1-c1ccccc1)c1cccc2cccnc12. The third-order valence-electron chi connectivity index (χ3n) is 6.06. The summed E-state index contributed by atoms with van der Waals surface area (Å²) < 4.78 is 43.0. The number of rotatable bonds is 5. The number of nitrogens with zero attached hydrogens (tertiary/aromatic N) is 5. The van der Waals surface area contributed by atoms with Gasteiger partial charge in [-0.15, -0.1) is 5.10 Å². The monoisotopic (exact) mass is 464 g/mol. The van der Waals surface area contributed by atoms with Crippen LogP contribution in [0, 0.1) is 0 Å². The Kier molecular flexibility index (Phi) is 4.91. The molecule has 6 rings (SSSR count). The maximum atomic E-state index is 13.2. The van der Waals surface area contributed by atoms with E-state index in [4.69, 9.17) is 9.47 Å². The molecule has 10 nitrogen and oxygen atoms in total. The number of hydrogen-bond donors (Lipinski definition) is 1. The van der Waals surface area contributed by atoms with Crippen LogP contribution in [0.5, 0.6) is 0 Å². The first-order chi connectivity index (χ1) is 16.1. The minimum Gasteiger partial charge on any atom is -0.371 e. The number of fused-ring (bicyclic) bond motifs is 2. The molecule has 33 heavy (non-hydrogen) atoms. The van der Waals surface area contributed by atoms with Gasteiger partial charge in [0.2, 0.25) is 10.0 Å². The largest absolute Gasteiger partial charge is 0.371 e. The second-order valence-corrected chi connectivity index (χ2v) is 9.72. The summed E-state index contributed by atoms with van der Waals surface area (Å²) in [4.78, 5) is 4.40. The lowest BCUT2D eigenvalue weighted by atomic mass is 10.1. The van der Waals surface area contributed by atoms with Gasteiger partial charge in [0.1, 0.15) is 23.1 Å². The third kappa shape index (κ3) is 3.49. The number of aromatic nitrogens is 5. The van der Waals surface area contributed by atoms with Gasteiger partial charge in [-0.2, -0.15) is 0 Å².